The van der Waals surface area contributed by atoms with Crippen LogP contribution in [0.3, 0.4) is 0 Å². The highest BCUT2D eigenvalue weighted by Crippen LogP contribution is 2.66. The van der Waals surface area contributed by atoms with Crippen molar-refractivity contribution in [3.8, 4) is 0 Å². The van der Waals surface area contributed by atoms with Crippen LogP contribution in [0.5, 0.6) is 0 Å². The van der Waals surface area contributed by atoms with Crippen molar-refractivity contribution in [1.82, 2.24) is 0 Å². The third-order valence-electron chi connectivity index (χ3n) is 9.65. The van der Waals surface area contributed by atoms with Crippen LogP contribution in [0.2, 0.25) is 0 Å². The highest BCUT2D eigenvalue weighted by molar-refractivity contribution is 5.89. The summed E-state index contributed by atoms with van der Waals surface area (Å²) in [6.45, 7) is 4.88. The van der Waals surface area contributed by atoms with Crippen LogP contribution in [0.15, 0.2) is 30.3 Å². The largest absolute Gasteiger partial charge is 0.458 e. The molecule has 0 amide bonds. The van der Waals surface area contributed by atoms with E-state index in [2.05, 4.69) is 13.8 Å². The number of benzene rings is 1. The molecule has 0 aliphatic heterocycles. The number of ether oxygens (including phenoxy) is 1. The lowest BCUT2D eigenvalue weighted by molar-refractivity contribution is -0.142. The Morgan fingerprint density at radius 1 is 0.931 bits per heavy atom. The van der Waals surface area contributed by atoms with Crippen molar-refractivity contribution in [2.24, 2.45) is 34.5 Å². The molecule has 1 aromatic rings. The third-order valence-corrected chi connectivity index (χ3v) is 9.65. The second-order valence-corrected chi connectivity index (χ2v) is 10.8. The van der Waals surface area contributed by atoms with E-state index in [1.165, 1.54) is 25.7 Å². The van der Waals surface area contributed by atoms with E-state index < -0.39 is 0 Å². The SMILES string of the molecule is C[C@]12CC[C@H]3[C@H](CC[C@@H]4CC(=O)CC[C@]43C)[C@H]1CC[C@@H]2OC(=O)c1ccccc1. The molecule has 0 aromatic heterocycles. The summed E-state index contributed by atoms with van der Waals surface area (Å²) in [7, 11) is 0. The molecule has 0 bridgehead atoms. The Morgan fingerprint density at radius 2 is 1.69 bits per heavy atom. The van der Waals surface area contributed by atoms with E-state index in [4.69, 9.17) is 4.74 Å². The fourth-order valence-electron chi connectivity index (χ4n) is 7.96. The molecular formula is C26H34O3. The molecule has 4 fully saturated rings. The summed E-state index contributed by atoms with van der Waals surface area (Å²) in [5.74, 6) is 3.06. The van der Waals surface area contributed by atoms with Crippen LogP contribution in [0.1, 0.15) is 82.0 Å². The maximum Gasteiger partial charge on any atom is 0.338 e. The van der Waals surface area contributed by atoms with Crippen molar-refractivity contribution in [1.29, 1.82) is 0 Å². The van der Waals surface area contributed by atoms with Gasteiger partial charge in [-0.25, -0.2) is 4.79 Å². The van der Waals surface area contributed by atoms with Gasteiger partial charge in [-0.2, -0.15) is 0 Å². The van der Waals surface area contributed by atoms with E-state index in [0.29, 0.717) is 28.6 Å². The Hall–Kier alpha value is -1.64. The van der Waals surface area contributed by atoms with E-state index in [0.717, 1.165) is 43.9 Å². The lowest BCUT2D eigenvalue weighted by Crippen LogP contribution is -2.54. The van der Waals surface area contributed by atoms with Gasteiger partial charge in [0.15, 0.2) is 0 Å². The van der Waals surface area contributed by atoms with Gasteiger partial charge in [-0.1, -0.05) is 32.0 Å². The molecule has 0 radical (unpaired) electrons. The second kappa shape index (κ2) is 6.96. The van der Waals surface area contributed by atoms with Crippen LogP contribution >= 0.6 is 0 Å². The quantitative estimate of drug-likeness (QED) is 0.593. The minimum Gasteiger partial charge on any atom is -0.458 e. The van der Waals surface area contributed by atoms with Crippen molar-refractivity contribution in [2.45, 2.75) is 77.7 Å². The maximum atomic E-state index is 12.7. The van der Waals surface area contributed by atoms with Crippen LogP contribution in [0.4, 0.5) is 0 Å². The van der Waals surface area contributed by atoms with Crippen molar-refractivity contribution in [3.05, 3.63) is 35.9 Å². The van der Waals surface area contributed by atoms with Crippen molar-refractivity contribution in [3.63, 3.8) is 0 Å². The van der Waals surface area contributed by atoms with Crippen LogP contribution in [0, 0.1) is 34.5 Å². The highest BCUT2D eigenvalue weighted by Gasteiger charge is 2.61. The van der Waals surface area contributed by atoms with Gasteiger partial charge < -0.3 is 4.74 Å². The molecule has 3 nitrogen and oxygen atoms in total. The number of rotatable bonds is 2. The third kappa shape index (κ3) is 2.99. The Labute approximate surface area is 174 Å². The molecule has 0 saturated heterocycles. The predicted molar refractivity (Wildman–Crippen MR) is 112 cm³/mol. The van der Waals surface area contributed by atoms with Crippen molar-refractivity contribution < 1.29 is 14.3 Å². The fraction of sp³-hybridized carbons (Fsp3) is 0.692. The summed E-state index contributed by atoms with van der Waals surface area (Å²) in [6.07, 6.45) is 9.79. The van der Waals surface area contributed by atoms with E-state index in [9.17, 15) is 9.59 Å². The first-order valence-electron chi connectivity index (χ1n) is 11.7. The first-order chi connectivity index (χ1) is 13.9. The average Bonchev–Trinajstić information content (AvgIpc) is 3.05. The minimum absolute atomic E-state index is 0.0413. The number of carbonyl (C=O) groups excluding carboxylic acids is 2. The average molecular weight is 395 g/mol. The van der Waals surface area contributed by atoms with Crippen LogP contribution in [0.25, 0.3) is 0 Å². The number of esters is 1. The summed E-state index contributed by atoms with van der Waals surface area (Å²) in [5, 5.41) is 0. The molecular weight excluding hydrogens is 360 g/mol. The monoisotopic (exact) mass is 394 g/mol. The smallest absolute Gasteiger partial charge is 0.338 e. The standard InChI is InChI=1S/C26H34O3/c1-25-14-12-19(27)16-18(25)8-9-20-21-10-11-23(26(21,2)15-13-22(20)25)29-24(28)17-6-4-3-5-7-17/h3-7,18,20-23H,8-16H2,1-2H3/t18-,20-,21-,22+,23+,25-,26+/m1/s1. The number of ketones is 1. The summed E-state index contributed by atoms with van der Waals surface area (Å²) in [4.78, 5) is 24.8. The lowest BCUT2D eigenvalue weighted by atomic mass is 9.45. The topological polar surface area (TPSA) is 43.4 Å². The van der Waals surface area contributed by atoms with Gasteiger partial charge in [0, 0.05) is 18.3 Å². The van der Waals surface area contributed by atoms with E-state index in [1.807, 2.05) is 30.3 Å². The van der Waals surface area contributed by atoms with Crippen molar-refractivity contribution in [2.75, 3.05) is 0 Å². The Morgan fingerprint density at radius 3 is 2.48 bits per heavy atom. The van der Waals surface area contributed by atoms with E-state index in [-0.39, 0.29) is 17.5 Å². The van der Waals surface area contributed by atoms with Gasteiger partial charge in [0.25, 0.3) is 0 Å². The number of fused-ring (bicyclic) bond motifs is 5. The van der Waals surface area contributed by atoms with E-state index >= 15 is 0 Å². The van der Waals surface area contributed by atoms with Crippen LogP contribution in [-0.4, -0.2) is 17.9 Å². The summed E-state index contributed by atoms with van der Waals surface area (Å²) in [6, 6.07) is 9.42. The Kier molecular flexibility index (Phi) is 4.64. The van der Waals surface area contributed by atoms with Gasteiger partial charge >= 0.3 is 5.97 Å². The number of Topliss-reactive ketones (excluding diaryl/α,β-unsaturated/α-hetero) is 1. The first-order valence-corrected chi connectivity index (χ1v) is 11.7. The summed E-state index contributed by atoms with van der Waals surface area (Å²) >= 11 is 0. The molecule has 0 heterocycles. The zero-order valence-electron chi connectivity index (χ0n) is 17.9. The molecule has 0 N–H and O–H groups in total. The molecule has 3 heteroatoms. The molecule has 156 valence electrons. The van der Waals surface area contributed by atoms with Gasteiger partial charge in [0.1, 0.15) is 11.9 Å². The summed E-state index contributed by atoms with van der Waals surface area (Å²) < 4.78 is 6.11. The molecule has 5 rings (SSSR count). The van der Waals surface area contributed by atoms with Crippen LogP contribution in [-0.2, 0) is 9.53 Å². The van der Waals surface area contributed by atoms with E-state index in [1.54, 1.807) is 0 Å². The first kappa shape index (κ1) is 19.3. The predicted octanol–water partition coefficient (Wildman–Crippen LogP) is 5.82. The minimum atomic E-state index is -0.166. The fourth-order valence-corrected chi connectivity index (χ4v) is 7.96. The molecule has 4 aliphatic carbocycles. The normalized spacial score (nSPS) is 43.8. The van der Waals surface area contributed by atoms with Gasteiger partial charge in [0.2, 0.25) is 0 Å². The highest BCUT2D eigenvalue weighted by atomic mass is 16.5. The van der Waals surface area contributed by atoms with Gasteiger partial charge in [-0.15, -0.1) is 0 Å². The zero-order valence-corrected chi connectivity index (χ0v) is 17.9. The zero-order chi connectivity index (χ0) is 20.2. The molecule has 4 aliphatic rings. The maximum absolute atomic E-state index is 12.7. The Bertz CT molecular complexity index is 801. The number of carbonyl (C=O) groups is 2. The van der Waals surface area contributed by atoms with Gasteiger partial charge in [-0.05, 0) is 86.2 Å². The number of hydrogen-bond donors (Lipinski definition) is 0. The lowest BCUT2D eigenvalue weighted by Gasteiger charge is -2.60. The van der Waals surface area contributed by atoms with Gasteiger partial charge in [-0.3, -0.25) is 4.79 Å². The molecule has 0 spiro atoms. The molecule has 1 aromatic carbocycles. The molecule has 0 unspecified atom stereocenters. The Balaban J connectivity index is 1.34. The van der Waals surface area contributed by atoms with Crippen LogP contribution < -0.4 is 0 Å². The molecule has 7 atom stereocenters. The summed E-state index contributed by atoms with van der Waals surface area (Å²) in [5.41, 5.74) is 1.11. The van der Waals surface area contributed by atoms with Crippen molar-refractivity contribution >= 4 is 11.8 Å². The molecule has 29 heavy (non-hydrogen) atoms. The molecule has 4 saturated carbocycles. The second-order valence-electron chi connectivity index (χ2n) is 10.8. The number of hydrogen-bond acceptors (Lipinski definition) is 3. The van der Waals surface area contributed by atoms with Gasteiger partial charge in [0.05, 0.1) is 5.56 Å².